The Morgan fingerprint density at radius 2 is 2.12 bits per heavy atom. The highest BCUT2D eigenvalue weighted by Crippen LogP contribution is 2.23. The van der Waals surface area contributed by atoms with E-state index in [-0.39, 0.29) is 5.50 Å². The van der Waals surface area contributed by atoms with E-state index in [1.54, 1.807) is 0 Å². The van der Waals surface area contributed by atoms with Gasteiger partial charge in [0, 0.05) is 0 Å². The van der Waals surface area contributed by atoms with Crippen LogP contribution in [0, 0.1) is 0 Å². The van der Waals surface area contributed by atoms with Gasteiger partial charge in [-0.3, -0.25) is 0 Å². The third-order valence-electron chi connectivity index (χ3n) is 2.69. The van der Waals surface area contributed by atoms with Crippen LogP contribution in [0.15, 0.2) is 24.3 Å². The normalized spacial score (nSPS) is 13.1. The second-order valence-electron chi connectivity index (χ2n) is 3.95. The van der Waals surface area contributed by atoms with Crippen molar-refractivity contribution in [3.63, 3.8) is 0 Å². The van der Waals surface area contributed by atoms with E-state index in [4.69, 9.17) is 11.6 Å². The van der Waals surface area contributed by atoms with Crippen LogP contribution in [0.1, 0.15) is 38.1 Å². The molecule has 0 aliphatic rings. The van der Waals surface area contributed by atoms with Crippen LogP contribution in [0.5, 0.6) is 0 Å². The number of fused-ring (bicyclic) bond motifs is 1. The van der Waals surface area contributed by atoms with Gasteiger partial charge in [0.25, 0.3) is 0 Å². The minimum Gasteiger partial charge on any atom is -0.227 e. The molecule has 0 aliphatic heterocycles. The number of rotatable bonds is 5. The molecule has 0 saturated heterocycles. The number of hydrogen-bond donors (Lipinski definition) is 0. The lowest BCUT2D eigenvalue weighted by Crippen LogP contribution is -2.04. The van der Waals surface area contributed by atoms with Crippen LogP contribution in [0.25, 0.3) is 11.0 Å². The number of aromatic nitrogens is 3. The highest BCUT2D eigenvalue weighted by molar-refractivity contribution is 6.19. The van der Waals surface area contributed by atoms with Crippen LogP contribution in [-0.4, -0.2) is 15.0 Å². The molecule has 1 atom stereocenters. The van der Waals surface area contributed by atoms with Gasteiger partial charge in [-0.05, 0) is 18.6 Å². The second-order valence-corrected chi connectivity index (χ2v) is 4.46. The molecule has 0 fully saturated rings. The maximum atomic E-state index is 6.32. The molecular weight excluding hydrogens is 222 g/mol. The van der Waals surface area contributed by atoms with Crippen molar-refractivity contribution in [1.82, 2.24) is 15.0 Å². The maximum Gasteiger partial charge on any atom is 0.128 e. The fourth-order valence-electron chi connectivity index (χ4n) is 1.78. The summed E-state index contributed by atoms with van der Waals surface area (Å²) in [6.07, 6.45) is 4.51. The van der Waals surface area contributed by atoms with E-state index in [2.05, 4.69) is 17.2 Å². The summed E-state index contributed by atoms with van der Waals surface area (Å²) in [6.45, 7) is 2.19. The Morgan fingerprint density at radius 3 is 2.94 bits per heavy atom. The van der Waals surface area contributed by atoms with Crippen LogP contribution in [0.3, 0.4) is 0 Å². The SMILES string of the molecule is CCCCCC(Cl)n1nnc2ccccc21. The summed E-state index contributed by atoms with van der Waals surface area (Å²) in [5.41, 5.74) is 1.83. The molecule has 0 radical (unpaired) electrons. The largest absolute Gasteiger partial charge is 0.227 e. The first kappa shape index (κ1) is 11.4. The standard InChI is InChI=1S/C12H16ClN3/c1-2-3-4-9-12(13)16-11-8-6-5-7-10(11)14-15-16/h5-8,12H,2-4,9H2,1H3. The molecule has 16 heavy (non-hydrogen) atoms. The molecule has 1 aromatic heterocycles. The molecule has 2 aromatic rings. The summed E-state index contributed by atoms with van der Waals surface area (Å²) in [4.78, 5) is 0. The van der Waals surface area contributed by atoms with Gasteiger partial charge in [0.15, 0.2) is 0 Å². The molecule has 86 valence electrons. The quantitative estimate of drug-likeness (QED) is 0.586. The molecule has 1 unspecified atom stereocenters. The van der Waals surface area contributed by atoms with Gasteiger partial charge in [0.2, 0.25) is 0 Å². The Labute approximate surface area is 100 Å². The van der Waals surface area contributed by atoms with E-state index in [1.165, 1.54) is 12.8 Å². The summed E-state index contributed by atoms with van der Waals surface area (Å²) in [7, 11) is 0. The first-order valence-corrected chi connectivity index (χ1v) is 6.20. The van der Waals surface area contributed by atoms with E-state index in [0.717, 1.165) is 23.9 Å². The molecule has 0 bridgehead atoms. The Hall–Kier alpha value is -1.09. The zero-order valence-corrected chi connectivity index (χ0v) is 10.2. The lowest BCUT2D eigenvalue weighted by molar-refractivity contribution is 0.518. The number of halogens is 1. The van der Waals surface area contributed by atoms with Crippen LogP contribution < -0.4 is 0 Å². The summed E-state index contributed by atoms with van der Waals surface area (Å²) in [5.74, 6) is 0. The first-order valence-electron chi connectivity index (χ1n) is 5.77. The Kier molecular flexibility index (Phi) is 3.78. The van der Waals surface area contributed by atoms with Gasteiger partial charge < -0.3 is 0 Å². The third-order valence-corrected chi connectivity index (χ3v) is 3.09. The minimum absolute atomic E-state index is 0.0843. The number of para-hydroxylation sites is 1. The summed E-state index contributed by atoms with van der Waals surface area (Å²) >= 11 is 6.32. The molecule has 1 aromatic carbocycles. The highest BCUT2D eigenvalue weighted by atomic mass is 35.5. The molecule has 2 rings (SSSR count). The van der Waals surface area contributed by atoms with Crippen molar-refractivity contribution in [3.05, 3.63) is 24.3 Å². The lowest BCUT2D eigenvalue weighted by atomic mass is 10.2. The predicted octanol–water partition coefficient (Wildman–Crippen LogP) is 3.75. The highest BCUT2D eigenvalue weighted by Gasteiger charge is 2.11. The molecule has 0 amide bonds. The number of benzene rings is 1. The van der Waals surface area contributed by atoms with Gasteiger partial charge in [-0.2, -0.15) is 0 Å². The fourth-order valence-corrected chi connectivity index (χ4v) is 2.08. The minimum atomic E-state index is -0.0843. The first-order chi connectivity index (χ1) is 7.83. The molecule has 3 nitrogen and oxygen atoms in total. The molecule has 1 heterocycles. The molecule has 0 spiro atoms. The van der Waals surface area contributed by atoms with Crippen LogP contribution >= 0.6 is 11.6 Å². The van der Waals surface area contributed by atoms with Crippen molar-refractivity contribution in [1.29, 1.82) is 0 Å². The van der Waals surface area contributed by atoms with E-state index in [9.17, 15) is 0 Å². The van der Waals surface area contributed by atoms with Crippen molar-refractivity contribution >= 4 is 22.6 Å². The van der Waals surface area contributed by atoms with Gasteiger partial charge in [-0.1, -0.05) is 55.1 Å². The van der Waals surface area contributed by atoms with Gasteiger partial charge in [-0.25, -0.2) is 4.68 Å². The maximum absolute atomic E-state index is 6.32. The average molecular weight is 238 g/mol. The van der Waals surface area contributed by atoms with Crippen molar-refractivity contribution in [2.75, 3.05) is 0 Å². The van der Waals surface area contributed by atoms with Crippen LogP contribution in [0.4, 0.5) is 0 Å². The van der Waals surface area contributed by atoms with Crippen molar-refractivity contribution < 1.29 is 0 Å². The topological polar surface area (TPSA) is 30.7 Å². The van der Waals surface area contributed by atoms with Crippen LogP contribution in [-0.2, 0) is 0 Å². The number of alkyl halides is 1. The van der Waals surface area contributed by atoms with Crippen molar-refractivity contribution in [2.45, 2.75) is 38.1 Å². The van der Waals surface area contributed by atoms with Gasteiger partial charge >= 0.3 is 0 Å². The smallest absolute Gasteiger partial charge is 0.128 e. The molecule has 0 N–H and O–H groups in total. The van der Waals surface area contributed by atoms with Crippen molar-refractivity contribution in [2.24, 2.45) is 0 Å². The third kappa shape index (κ3) is 2.35. The Balaban J connectivity index is 2.13. The van der Waals surface area contributed by atoms with Crippen LogP contribution in [0.2, 0.25) is 0 Å². The summed E-state index contributed by atoms with van der Waals surface area (Å²) < 4.78 is 1.81. The molecule has 0 saturated carbocycles. The summed E-state index contributed by atoms with van der Waals surface area (Å²) in [5, 5.41) is 8.21. The fraction of sp³-hybridized carbons (Fsp3) is 0.500. The average Bonchev–Trinajstić information content (AvgIpc) is 2.73. The molecule has 0 aliphatic carbocycles. The van der Waals surface area contributed by atoms with Gasteiger partial charge in [-0.15, -0.1) is 5.10 Å². The van der Waals surface area contributed by atoms with E-state index >= 15 is 0 Å². The number of nitrogens with zero attached hydrogens (tertiary/aromatic N) is 3. The number of unbranched alkanes of at least 4 members (excludes halogenated alkanes) is 2. The van der Waals surface area contributed by atoms with Crippen molar-refractivity contribution in [3.8, 4) is 0 Å². The van der Waals surface area contributed by atoms with Gasteiger partial charge in [0.05, 0.1) is 5.52 Å². The monoisotopic (exact) mass is 237 g/mol. The predicted molar refractivity (Wildman–Crippen MR) is 66.6 cm³/mol. The van der Waals surface area contributed by atoms with E-state index < -0.39 is 0 Å². The van der Waals surface area contributed by atoms with E-state index in [1.807, 2.05) is 28.9 Å². The number of hydrogen-bond acceptors (Lipinski definition) is 2. The lowest BCUT2D eigenvalue weighted by Gasteiger charge is -2.09. The Bertz CT molecular complexity index is 452. The van der Waals surface area contributed by atoms with Gasteiger partial charge in [0.1, 0.15) is 11.0 Å². The summed E-state index contributed by atoms with van der Waals surface area (Å²) in [6, 6.07) is 7.90. The zero-order valence-electron chi connectivity index (χ0n) is 9.43. The second kappa shape index (κ2) is 5.30. The molecule has 4 heteroatoms. The molecular formula is C12H16ClN3. The Morgan fingerprint density at radius 1 is 1.31 bits per heavy atom. The zero-order chi connectivity index (χ0) is 11.4. The van der Waals surface area contributed by atoms with E-state index in [0.29, 0.717) is 0 Å².